The molecule has 1 saturated heterocycles. The average molecular weight is 229 g/mol. The second-order valence-electron chi connectivity index (χ2n) is 4.25. The molecule has 1 rings (SSSR count). The van der Waals surface area contributed by atoms with Crippen molar-refractivity contribution in [3.63, 3.8) is 0 Å². The zero-order valence-electron chi connectivity index (χ0n) is 9.81. The summed E-state index contributed by atoms with van der Waals surface area (Å²) < 4.78 is 5.27. The molecule has 16 heavy (non-hydrogen) atoms. The van der Waals surface area contributed by atoms with Gasteiger partial charge in [0.2, 0.25) is 5.91 Å². The maximum Gasteiger partial charge on any atom is 0.326 e. The van der Waals surface area contributed by atoms with E-state index >= 15 is 0 Å². The van der Waals surface area contributed by atoms with Crippen molar-refractivity contribution in [3.8, 4) is 0 Å². The maximum atomic E-state index is 11.7. The Hall–Kier alpha value is -1.10. The van der Waals surface area contributed by atoms with Crippen LogP contribution in [0.1, 0.15) is 33.1 Å². The Balaban J connectivity index is 2.38. The molecule has 0 aromatic heterocycles. The smallest absolute Gasteiger partial charge is 0.326 e. The Morgan fingerprint density at radius 3 is 2.75 bits per heavy atom. The molecule has 1 aliphatic heterocycles. The van der Waals surface area contributed by atoms with Crippen LogP contribution in [0.2, 0.25) is 0 Å². The predicted molar refractivity (Wildman–Crippen MR) is 58.1 cm³/mol. The lowest BCUT2D eigenvalue weighted by Crippen LogP contribution is -2.40. The van der Waals surface area contributed by atoms with E-state index in [1.54, 1.807) is 0 Å². The quantitative estimate of drug-likeness (QED) is 0.759. The van der Waals surface area contributed by atoms with Crippen LogP contribution < -0.4 is 0 Å². The molecule has 0 saturated carbocycles. The number of likely N-dealkylation sites (tertiary alicyclic amines) is 1. The van der Waals surface area contributed by atoms with Gasteiger partial charge in [0, 0.05) is 6.54 Å². The standard InChI is InChI=1S/C11H19NO4/c1-8(2)16-7-5-10(13)12-6-3-4-9(12)11(14)15/h8-9H,3-7H2,1-2H3,(H,14,15). The summed E-state index contributed by atoms with van der Waals surface area (Å²) in [4.78, 5) is 24.0. The molecule has 5 nitrogen and oxygen atoms in total. The second-order valence-corrected chi connectivity index (χ2v) is 4.25. The maximum absolute atomic E-state index is 11.7. The van der Waals surface area contributed by atoms with Crippen LogP contribution in [0.5, 0.6) is 0 Å². The minimum Gasteiger partial charge on any atom is -0.480 e. The number of nitrogens with zero attached hydrogens (tertiary/aromatic N) is 1. The molecule has 1 aliphatic rings. The first kappa shape index (κ1) is 13.0. The lowest BCUT2D eigenvalue weighted by Gasteiger charge is -2.21. The monoisotopic (exact) mass is 229 g/mol. The van der Waals surface area contributed by atoms with Gasteiger partial charge in [0.25, 0.3) is 0 Å². The van der Waals surface area contributed by atoms with Crippen molar-refractivity contribution in [3.05, 3.63) is 0 Å². The SMILES string of the molecule is CC(C)OCCC(=O)N1CCCC1C(=O)O. The van der Waals surface area contributed by atoms with Crippen molar-refractivity contribution in [1.29, 1.82) is 0 Å². The summed E-state index contributed by atoms with van der Waals surface area (Å²) in [6.45, 7) is 4.72. The number of hydrogen-bond donors (Lipinski definition) is 1. The first-order valence-electron chi connectivity index (χ1n) is 5.66. The van der Waals surface area contributed by atoms with Crippen molar-refractivity contribution < 1.29 is 19.4 Å². The summed E-state index contributed by atoms with van der Waals surface area (Å²) in [5.74, 6) is -1.03. The molecular weight excluding hydrogens is 210 g/mol. The van der Waals surface area contributed by atoms with Gasteiger partial charge in [0.1, 0.15) is 6.04 Å². The van der Waals surface area contributed by atoms with Gasteiger partial charge in [-0.2, -0.15) is 0 Å². The molecule has 1 fully saturated rings. The molecule has 0 aromatic carbocycles. The van der Waals surface area contributed by atoms with E-state index in [0.29, 0.717) is 19.6 Å². The number of rotatable bonds is 5. The number of amides is 1. The molecule has 0 spiro atoms. The highest BCUT2D eigenvalue weighted by atomic mass is 16.5. The van der Waals surface area contributed by atoms with Crippen LogP contribution in [0.25, 0.3) is 0 Å². The Kier molecular flexibility index (Phi) is 4.73. The number of carboxylic acid groups (broad SMARTS) is 1. The molecule has 92 valence electrons. The summed E-state index contributed by atoms with van der Waals surface area (Å²) in [6.07, 6.45) is 1.70. The van der Waals surface area contributed by atoms with E-state index < -0.39 is 12.0 Å². The minimum atomic E-state index is -0.907. The zero-order chi connectivity index (χ0) is 12.1. The fraction of sp³-hybridized carbons (Fsp3) is 0.818. The largest absolute Gasteiger partial charge is 0.480 e. The van der Waals surface area contributed by atoms with Crippen LogP contribution >= 0.6 is 0 Å². The number of hydrogen-bond acceptors (Lipinski definition) is 3. The third-order valence-electron chi connectivity index (χ3n) is 2.63. The van der Waals surface area contributed by atoms with Crippen LogP contribution in [0.3, 0.4) is 0 Å². The lowest BCUT2D eigenvalue weighted by molar-refractivity contribution is -0.148. The van der Waals surface area contributed by atoms with Gasteiger partial charge in [0.15, 0.2) is 0 Å². The third-order valence-corrected chi connectivity index (χ3v) is 2.63. The van der Waals surface area contributed by atoms with Crippen molar-refractivity contribution in [2.24, 2.45) is 0 Å². The van der Waals surface area contributed by atoms with E-state index in [2.05, 4.69) is 0 Å². The van der Waals surface area contributed by atoms with Gasteiger partial charge in [-0.05, 0) is 26.7 Å². The summed E-state index contributed by atoms with van der Waals surface area (Å²) in [5, 5.41) is 8.92. The lowest BCUT2D eigenvalue weighted by atomic mass is 10.2. The van der Waals surface area contributed by atoms with Gasteiger partial charge in [-0.25, -0.2) is 4.79 Å². The Morgan fingerprint density at radius 1 is 1.50 bits per heavy atom. The number of ether oxygens (including phenoxy) is 1. The van der Waals surface area contributed by atoms with E-state index in [0.717, 1.165) is 6.42 Å². The van der Waals surface area contributed by atoms with Crippen LogP contribution in [-0.4, -0.2) is 47.2 Å². The van der Waals surface area contributed by atoms with Crippen molar-refractivity contribution >= 4 is 11.9 Å². The number of aliphatic carboxylic acids is 1. The topological polar surface area (TPSA) is 66.8 Å². The van der Waals surface area contributed by atoms with Gasteiger partial charge >= 0.3 is 5.97 Å². The summed E-state index contributed by atoms with van der Waals surface area (Å²) >= 11 is 0. The van der Waals surface area contributed by atoms with Crippen molar-refractivity contribution in [2.45, 2.75) is 45.3 Å². The predicted octanol–water partition coefficient (Wildman–Crippen LogP) is 0.877. The van der Waals surface area contributed by atoms with Crippen LogP contribution in [0.4, 0.5) is 0 Å². The van der Waals surface area contributed by atoms with Gasteiger partial charge in [-0.15, -0.1) is 0 Å². The Morgan fingerprint density at radius 2 is 2.19 bits per heavy atom. The fourth-order valence-electron chi connectivity index (χ4n) is 1.85. The van der Waals surface area contributed by atoms with Crippen molar-refractivity contribution in [2.75, 3.05) is 13.2 Å². The number of carbonyl (C=O) groups excluding carboxylic acids is 1. The molecule has 1 N–H and O–H groups in total. The molecule has 5 heteroatoms. The van der Waals surface area contributed by atoms with Gasteiger partial charge in [-0.3, -0.25) is 4.79 Å². The van der Waals surface area contributed by atoms with Crippen LogP contribution in [0, 0.1) is 0 Å². The molecule has 0 aliphatic carbocycles. The fourth-order valence-corrected chi connectivity index (χ4v) is 1.85. The van der Waals surface area contributed by atoms with E-state index in [9.17, 15) is 9.59 Å². The van der Waals surface area contributed by atoms with E-state index in [1.807, 2.05) is 13.8 Å². The summed E-state index contributed by atoms with van der Waals surface area (Å²) in [6, 6.07) is -0.633. The molecule has 0 bridgehead atoms. The van der Waals surface area contributed by atoms with Gasteiger partial charge in [0.05, 0.1) is 19.1 Å². The zero-order valence-corrected chi connectivity index (χ0v) is 9.81. The average Bonchev–Trinajstić information content (AvgIpc) is 2.65. The Labute approximate surface area is 95.4 Å². The molecular formula is C11H19NO4. The Bertz CT molecular complexity index is 265. The number of carboxylic acids is 1. The van der Waals surface area contributed by atoms with E-state index in [-0.39, 0.29) is 18.4 Å². The molecule has 0 radical (unpaired) electrons. The number of carbonyl (C=O) groups is 2. The van der Waals surface area contributed by atoms with E-state index in [1.165, 1.54) is 4.90 Å². The van der Waals surface area contributed by atoms with Crippen LogP contribution in [-0.2, 0) is 14.3 Å². The van der Waals surface area contributed by atoms with Crippen LogP contribution in [0.15, 0.2) is 0 Å². The highest BCUT2D eigenvalue weighted by Gasteiger charge is 2.33. The van der Waals surface area contributed by atoms with E-state index in [4.69, 9.17) is 9.84 Å². The molecule has 1 unspecified atom stereocenters. The summed E-state index contributed by atoms with van der Waals surface area (Å²) in [5.41, 5.74) is 0. The normalized spacial score (nSPS) is 20.4. The van der Waals surface area contributed by atoms with Crippen molar-refractivity contribution in [1.82, 2.24) is 4.90 Å². The van der Waals surface area contributed by atoms with Gasteiger partial charge in [-0.1, -0.05) is 0 Å². The highest BCUT2D eigenvalue weighted by Crippen LogP contribution is 2.18. The molecule has 1 amide bonds. The highest BCUT2D eigenvalue weighted by molar-refractivity contribution is 5.84. The molecule has 0 aromatic rings. The van der Waals surface area contributed by atoms with Gasteiger partial charge < -0.3 is 14.7 Å². The second kappa shape index (κ2) is 5.84. The third kappa shape index (κ3) is 3.48. The minimum absolute atomic E-state index is 0.0987. The first-order valence-corrected chi connectivity index (χ1v) is 5.66. The first-order chi connectivity index (χ1) is 7.52. The molecule has 1 heterocycles. The molecule has 1 atom stereocenters. The summed E-state index contributed by atoms with van der Waals surface area (Å²) in [7, 11) is 0.